The minimum atomic E-state index is -0.642. The fraction of sp³-hybridized carbons (Fsp3) is 0.467. The minimum Gasteiger partial charge on any atom is -0.477 e. The van der Waals surface area contributed by atoms with E-state index in [1.54, 1.807) is 4.90 Å². The molecule has 25 heavy (non-hydrogen) atoms. The summed E-state index contributed by atoms with van der Waals surface area (Å²) in [6.07, 6.45) is 0. The molecular weight excluding hydrogens is 354 g/mol. The van der Waals surface area contributed by atoms with Gasteiger partial charge in [0.1, 0.15) is 0 Å². The van der Waals surface area contributed by atoms with Crippen LogP contribution in [0.15, 0.2) is 18.2 Å². The first-order chi connectivity index (χ1) is 11.9. The number of morpholine rings is 1. The normalized spacial score (nSPS) is 14.1. The molecule has 0 N–H and O–H groups in total. The number of hydrogen-bond acceptors (Lipinski definition) is 6. The van der Waals surface area contributed by atoms with Gasteiger partial charge in [0.25, 0.3) is 5.91 Å². The monoisotopic (exact) mass is 371 g/mol. The summed E-state index contributed by atoms with van der Waals surface area (Å²) in [5.74, 6) is -0.710. The molecule has 0 aromatic heterocycles. The molecule has 1 aromatic carbocycles. The zero-order chi connectivity index (χ0) is 18.4. The van der Waals surface area contributed by atoms with Gasteiger partial charge in [-0.15, -0.1) is 0 Å². The van der Waals surface area contributed by atoms with Gasteiger partial charge < -0.3 is 19.3 Å². The smallest absolute Gasteiger partial charge is 0.312 e. The number of nitrogens with zero attached hydrogens (tertiary/aromatic N) is 3. The lowest BCUT2D eigenvalue weighted by Crippen LogP contribution is -2.46. The van der Waals surface area contributed by atoms with Crippen LogP contribution < -0.4 is 4.74 Å². The average molecular weight is 372 g/mol. The van der Waals surface area contributed by atoms with Crippen LogP contribution >= 0.6 is 11.6 Å². The van der Waals surface area contributed by atoms with Crippen molar-refractivity contribution in [3.8, 4) is 5.75 Å². The van der Waals surface area contributed by atoms with E-state index in [0.29, 0.717) is 26.3 Å². The highest BCUT2D eigenvalue weighted by Crippen LogP contribution is 2.29. The number of benzene rings is 1. The molecule has 2 amide bonds. The second-order valence-corrected chi connectivity index (χ2v) is 5.84. The summed E-state index contributed by atoms with van der Waals surface area (Å²) in [4.78, 5) is 37.4. The van der Waals surface area contributed by atoms with E-state index in [-0.39, 0.29) is 28.9 Å². The van der Waals surface area contributed by atoms with Crippen LogP contribution in [0.2, 0.25) is 5.02 Å². The molecule has 0 bridgehead atoms. The Balaban J connectivity index is 1.89. The fourth-order valence-corrected chi connectivity index (χ4v) is 2.38. The van der Waals surface area contributed by atoms with Crippen LogP contribution in [0, 0.1) is 10.1 Å². The molecule has 9 nitrogen and oxygen atoms in total. The highest BCUT2D eigenvalue weighted by molar-refractivity contribution is 6.30. The first-order valence-electron chi connectivity index (χ1n) is 7.54. The Bertz CT molecular complexity index is 663. The van der Waals surface area contributed by atoms with Crippen molar-refractivity contribution < 1.29 is 24.0 Å². The molecule has 0 atom stereocenters. The van der Waals surface area contributed by atoms with E-state index in [9.17, 15) is 19.7 Å². The highest BCUT2D eigenvalue weighted by atomic mass is 35.5. The summed E-state index contributed by atoms with van der Waals surface area (Å²) >= 11 is 5.72. The summed E-state index contributed by atoms with van der Waals surface area (Å²) in [6.45, 7) is 1.43. The van der Waals surface area contributed by atoms with Gasteiger partial charge in [0.2, 0.25) is 5.91 Å². The highest BCUT2D eigenvalue weighted by Gasteiger charge is 2.22. The molecule has 0 aliphatic carbocycles. The van der Waals surface area contributed by atoms with E-state index in [1.807, 2.05) is 0 Å². The molecule has 1 saturated heterocycles. The topological polar surface area (TPSA) is 102 Å². The van der Waals surface area contributed by atoms with Crippen LogP contribution in [0.1, 0.15) is 0 Å². The molecule has 1 heterocycles. The van der Waals surface area contributed by atoms with E-state index in [2.05, 4.69) is 0 Å². The molecule has 0 saturated carbocycles. The molecule has 1 aliphatic rings. The Hall–Kier alpha value is -2.39. The van der Waals surface area contributed by atoms with Crippen molar-refractivity contribution in [3.63, 3.8) is 0 Å². The molecule has 136 valence electrons. The Labute approximate surface area is 149 Å². The molecular formula is C15H18ClN3O6. The van der Waals surface area contributed by atoms with Crippen molar-refractivity contribution in [1.29, 1.82) is 0 Å². The van der Waals surface area contributed by atoms with Crippen molar-refractivity contribution in [2.75, 3.05) is 46.5 Å². The summed E-state index contributed by atoms with van der Waals surface area (Å²) < 4.78 is 10.4. The molecule has 1 aliphatic heterocycles. The number of nitro groups is 1. The first kappa shape index (κ1) is 18.9. The van der Waals surface area contributed by atoms with Gasteiger partial charge in [-0.1, -0.05) is 11.6 Å². The number of nitro benzene ring substituents is 1. The van der Waals surface area contributed by atoms with Crippen molar-refractivity contribution in [2.45, 2.75) is 0 Å². The number of carbonyl (C=O) groups excluding carboxylic acids is 2. The lowest BCUT2D eigenvalue weighted by molar-refractivity contribution is -0.385. The van der Waals surface area contributed by atoms with E-state index >= 15 is 0 Å². The second kappa shape index (κ2) is 8.63. The number of rotatable bonds is 6. The maximum atomic E-state index is 12.1. The zero-order valence-corrected chi connectivity index (χ0v) is 14.4. The first-order valence-corrected chi connectivity index (χ1v) is 7.92. The maximum Gasteiger partial charge on any atom is 0.312 e. The van der Waals surface area contributed by atoms with Gasteiger partial charge in [0.15, 0.2) is 12.4 Å². The zero-order valence-electron chi connectivity index (χ0n) is 13.6. The third kappa shape index (κ3) is 5.30. The summed E-state index contributed by atoms with van der Waals surface area (Å²) in [6, 6.07) is 3.90. The van der Waals surface area contributed by atoms with Crippen LogP contribution in [-0.4, -0.2) is 73.0 Å². The number of halogens is 1. The minimum absolute atomic E-state index is 0.0596. The molecule has 0 unspecified atom stereocenters. The predicted molar refractivity (Wildman–Crippen MR) is 88.6 cm³/mol. The Morgan fingerprint density at radius 2 is 2.08 bits per heavy atom. The van der Waals surface area contributed by atoms with Gasteiger partial charge in [-0.3, -0.25) is 19.7 Å². The Morgan fingerprint density at radius 3 is 2.72 bits per heavy atom. The lowest BCUT2D eigenvalue weighted by atomic mass is 10.3. The summed E-state index contributed by atoms with van der Waals surface area (Å²) in [7, 11) is 1.47. The SMILES string of the molecule is CN(CC(=O)N1CCOCC1)C(=O)COc1ccc(Cl)cc1[N+](=O)[O-]. The molecule has 1 fully saturated rings. The van der Waals surface area contributed by atoms with Crippen LogP contribution in [-0.2, 0) is 14.3 Å². The van der Waals surface area contributed by atoms with E-state index in [1.165, 1.54) is 24.1 Å². The van der Waals surface area contributed by atoms with Crippen LogP contribution in [0.5, 0.6) is 5.75 Å². The standard InChI is InChI=1S/C15H18ClN3O6/c1-17(9-14(20)18-4-6-24-7-5-18)15(21)10-25-13-3-2-11(16)8-12(13)19(22)23/h2-3,8H,4-7,9-10H2,1H3. The van der Waals surface area contributed by atoms with E-state index in [0.717, 1.165) is 6.07 Å². The van der Waals surface area contributed by atoms with Crippen molar-refractivity contribution >= 4 is 29.1 Å². The lowest BCUT2D eigenvalue weighted by Gasteiger charge is -2.28. The third-order valence-electron chi connectivity index (χ3n) is 3.63. The van der Waals surface area contributed by atoms with Crippen molar-refractivity contribution in [2.24, 2.45) is 0 Å². The number of carbonyl (C=O) groups is 2. The van der Waals surface area contributed by atoms with Gasteiger partial charge in [0.05, 0.1) is 24.7 Å². The van der Waals surface area contributed by atoms with E-state index < -0.39 is 17.4 Å². The van der Waals surface area contributed by atoms with Gasteiger partial charge in [0, 0.05) is 31.2 Å². The van der Waals surface area contributed by atoms with Crippen LogP contribution in [0.3, 0.4) is 0 Å². The average Bonchev–Trinajstić information content (AvgIpc) is 2.60. The quantitative estimate of drug-likeness (QED) is 0.544. The Kier molecular flexibility index (Phi) is 6.54. The molecule has 0 radical (unpaired) electrons. The van der Waals surface area contributed by atoms with Crippen molar-refractivity contribution in [3.05, 3.63) is 33.3 Å². The Morgan fingerprint density at radius 1 is 1.40 bits per heavy atom. The summed E-state index contributed by atoms with van der Waals surface area (Å²) in [5.41, 5.74) is -0.327. The van der Waals surface area contributed by atoms with Gasteiger partial charge in [-0.05, 0) is 12.1 Å². The van der Waals surface area contributed by atoms with Crippen LogP contribution in [0.4, 0.5) is 5.69 Å². The molecule has 1 aromatic rings. The van der Waals surface area contributed by atoms with Crippen LogP contribution in [0.25, 0.3) is 0 Å². The van der Waals surface area contributed by atoms with Gasteiger partial charge in [-0.25, -0.2) is 0 Å². The van der Waals surface area contributed by atoms with E-state index in [4.69, 9.17) is 21.1 Å². The number of ether oxygens (including phenoxy) is 2. The molecule has 2 rings (SSSR count). The van der Waals surface area contributed by atoms with Gasteiger partial charge in [-0.2, -0.15) is 0 Å². The maximum absolute atomic E-state index is 12.1. The number of likely N-dealkylation sites (N-methyl/N-ethyl adjacent to an activating group) is 1. The second-order valence-electron chi connectivity index (χ2n) is 5.40. The summed E-state index contributed by atoms with van der Waals surface area (Å²) in [5, 5.41) is 11.2. The molecule has 0 spiro atoms. The third-order valence-corrected chi connectivity index (χ3v) is 3.87. The van der Waals surface area contributed by atoms with Crippen molar-refractivity contribution in [1.82, 2.24) is 9.80 Å². The number of hydrogen-bond donors (Lipinski definition) is 0. The molecule has 10 heteroatoms. The fourth-order valence-electron chi connectivity index (χ4n) is 2.21. The largest absolute Gasteiger partial charge is 0.477 e. The predicted octanol–water partition coefficient (Wildman–Crippen LogP) is 0.944. The van der Waals surface area contributed by atoms with Gasteiger partial charge >= 0.3 is 5.69 Å². The number of amides is 2.